The zero-order chi connectivity index (χ0) is 11.5. The van der Waals surface area contributed by atoms with Crippen LogP contribution < -0.4 is 0 Å². The van der Waals surface area contributed by atoms with Crippen LogP contribution in [0.4, 0.5) is 4.39 Å². The summed E-state index contributed by atoms with van der Waals surface area (Å²) in [5, 5.41) is 9.36. The molecule has 0 aromatic heterocycles. The molecule has 1 aromatic rings. The van der Waals surface area contributed by atoms with E-state index in [4.69, 9.17) is 0 Å². The molecule has 84 valence electrons. The Morgan fingerprint density at radius 2 is 2.06 bits per heavy atom. The first-order valence-corrected chi connectivity index (χ1v) is 5.32. The number of Topliss-reactive ketones (excluding diaryl/α,β-unsaturated/α-hetero) is 1. The highest BCUT2D eigenvalue weighted by molar-refractivity contribution is 5.84. The molecule has 2 rings (SSSR count). The summed E-state index contributed by atoms with van der Waals surface area (Å²) < 4.78 is 13.4. The molecular weight excluding hydrogens is 207 g/mol. The average molecular weight is 220 g/mol. The number of carbonyl (C=O) groups excluding carboxylic acids is 1. The van der Waals surface area contributed by atoms with Gasteiger partial charge in [-0.3, -0.25) is 4.79 Å². The molecule has 16 heavy (non-hydrogen) atoms. The fraction of sp³-hybridized carbons (Fsp3) is 0.308. The lowest BCUT2D eigenvalue weighted by molar-refractivity contribution is -0.122. The molecule has 1 unspecified atom stereocenters. The van der Waals surface area contributed by atoms with Gasteiger partial charge in [0.15, 0.2) is 0 Å². The Morgan fingerprint density at radius 1 is 1.31 bits per heavy atom. The van der Waals surface area contributed by atoms with E-state index >= 15 is 0 Å². The van der Waals surface area contributed by atoms with Gasteiger partial charge in [0.2, 0.25) is 0 Å². The van der Waals surface area contributed by atoms with E-state index in [1.54, 1.807) is 18.2 Å². The summed E-state index contributed by atoms with van der Waals surface area (Å²) in [6, 6.07) is 6.42. The summed E-state index contributed by atoms with van der Waals surface area (Å²) in [7, 11) is 0. The van der Waals surface area contributed by atoms with E-state index in [0.29, 0.717) is 24.8 Å². The molecule has 0 saturated heterocycles. The molecule has 1 atom stereocenters. The van der Waals surface area contributed by atoms with E-state index in [-0.39, 0.29) is 23.3 Å². The Morgan fingerprint density at radius 3 is 2.81 bits per heavy atom. The summed E-state index contributed by atoms with van der Waals surface area (Å²) in [5.74, 6) is -0.374. The summed E-state index contributed by atoms with van der Waals surface area (Å²) in [6.45, 7) is 0. The molecule has 0 amide bonds. The van der Waals surface area contributed by atoms with Crippen molar-refractivity contribution >= 4 is 5.78 Å². The Balaban J connectivity index is 2.18. The van der Waals surface area contributed by atoms with Gasteiger partial charge in [0.05, 0.1) is 5.76 Å². The number of aliphatic hydroxyl groups is 1. The molecule has 0 aliphatic heterocycles. The topological polar surface area (TPSA) is 37.3 Å². The van der Waals surface area contributed by atoms with Crippen LogP contribution in [-0.4, -0.2) is 10.9 Å². The third-order valence-corrected chi connectivity index (χ3v) is 2.83. The van der Waals surface area contributed by atoms with Gasteiger partial charge in [-0.2, -0.15) is 0 Å². The standard InChI is InChI=1S/C13H13FO2/c14-12-4-2-1-3-9(12)7-10-8-11(15)5-6-13(10)16/h1-4,8,10,15H,5-7H2. The van der Waals surface area contributed by atoms with Gasteiger partial charge in [-0.05, 0) is 24.1 Å². The van der Waals surface area contributed by atoms with E-state index in [1.807, 2.05) is 0 Å². The fourth-order valence-electron chi connectivity index (χ4n) is 1.92. The quantitative estimate of drug-likeness (QED) is 0.832. The van der Waals surface area contributed by atoms with E-state index in [2.05, 4.69) is 0 Å². The zero-order valence-electron chi connectivity index (χ0n) is 8.82. The Bertz CT molecular complexity index is 437. The predicted octanol–water partition coefficient (Wildman–Crippen LogP) is 2.79. The number of carbonyl (C=O) groups is 1. The first-order valence-electron chi connectivity index (χ1n) is 5.32. The number of rotatable bonds is 2. The van der Waals surface area contributed by atoms with E-state index in [9.17, 15) is 14.3 Å². The van der Waals surface area contributed by atoms with Gasteiger partial charge in [0.25, 0.3) is 0 Å². The van der Waals surface area contributed by atoms with Crippen LogP contribution in [0.5, 0.6) is 0 Å². The Hall–Kier alpha value is -1.64. The highest BCUT2D eigenvalue weighted by Crippen LogP contribution is 2.22. The molecule has 0 heterocycles. The number of ketones is 1. The van der Waals surface area contributed by atoms with Crippen molar-refractivity contribution in [3.63, 3.8) is 0 Å². The van der Waals surface area contributed by atoms with Crippen LogP contribution in [-0.2, 0) is 11.2 Å². The molecule has 0 bridgehead atoms. The molecule has 1 N–H and O–H groups in total. The Labute approximate surface area is 93.4 Å². The summed E-state index contributed by atoms with van der Waals surface area (Å²) in [4.78, 5) is 11.6. The normalized spacial score (nSPS) is 20.7. The molecular formula is C13H13FO2. The lowest BCUT2D eigenvalue weighted by atomic mass is 9.88. The van der Waals surface area contributed by atoms with Crippen LogP contribution in [0.25, 0.3) is 0 Å². The highest BCUT2D eigenvalue weighted by Gasteiger charge is 2.22. The lowest BCUT2D eigenvalue weighted by Crippen LogP contribution is -2.20. The van der Waals surface area contributed by atoms with Gasteiger partial charge >= 0.3 is 0 Å². The molecule has 1 aliphatic carbocycles. The first kappa shape index (κ1) is 10.9. The van der Waals surface area contributed by atoms with Crippen molar-refractivity contribution in [3.8, 4) is 0 Å². The van der Waals surface area contributed by atoms with Crippen molar-refractivity contribution < 1.29 is 14.3 Å². The zero-order valence-corrected chi connectivity index (χ0v) is 8.82. The lowest BCUT2D eigenvalue weighted by Gasteiger charge is -2.17. The van der Waals surface area contributed by atoms with Crippen LogP contribution in [0.15, 0.2) is 36.1 Å². The summed E-state index contributed by atoms with van der Waals surface area (Å²) in [5.41, 5.74) is 0.520. The van der Waals surface area contributed by atoms with Crippen molar-refractivity contribution in [3.05, 3.63) is 47.5 Å². The molecule has 0 radical (unpaired) electrons. The molecule has 1 aromatic carbocycles. The largest absolute Gasteiger partial charge is 0.513 e. The minimum absolute atomic E-state index is 0.0704. The first-order chi connectivity index (χ1) is 7.66. The second kappa shape index (κ2) is 4.47. The second-order valence-electron chi connectivity index (χ2n) is 4.03. The summed E-state index contributed by atoms with van der Waals surface area (Å²) >= 11 is 0. The van der Waals surface area contributed by atoms with E-state index in [0.717, 1.165) is 0 Å². The van der Waals surface area contributed by atoms with Crippen LogP contribution in [0.3, 0.4) is 0 Å². The highest BCUT2D eigenvalue weighted by atomic mass is 19.1. The number of allylic oxidation sites excluding steroid dienone is 2. The van der Waals surface area contributed by atoms with Gasteiger partial charge in [0.1, 0.15) is 11.6 Å². The van der Waals surface area contributed by atoms with Crippen LogP contribution >= 0.6 is 0 Å². The third-order valence-electron chi connectivity index (χ3n) is 2.83. The maximum absolute atomic E-state index is 13.4. The minimum atomic E-state index is -0.384. The van der Waals surface area contributed by atoms with Crippen LogP contribution in [0.1, 0.15) is 18.4 Å². The van der Waals surface area contributed by atoms with Crippen molar-refractivity contribution in [1.29, 1.82) is 0 Å². The van der Waals surface area contributed by atoms with Crippen molar-refractivity contribution in [1.82, 2.24) is 0 Å². The molecule has 0 saturated carbocycles. The van der Waals surface area contributed by atoms with Gasteiger partial charge in [-0.15, -0.1) is 0 Å². The predicted molar refractivity (Wildman–Crippen MR) is 58.5 cm³/mol. The molecule has 0 fully saturated rings. The number of aliphatic hydroxyl groups excluding tert-OH is 1. The average Bonchev–Trinajstić information content (AvgIpc) is 2.27. The number of hydrogen-bond acceptors (Lipinski definition) is 2. The second-order valence-corrected chi connectivity index (χ2v) is 4.03. The van der Waals surface area contributed by atoms with Crippen molar-refractivity contribution in [2.45, 2.75) is 19.3 Å². The van der Waals surface area contributed by atoms with E-state index in [1.165, 1.54) is 12.1 Å². The molecule has 2 nitrogen and oxygen atoms in total. The number of benzene rings is 1. The molecule has 1 aliphatic rings. The van der Waals surface area contributed by atoms with Gasteiger partial charge in [0, 0.05) is 18.8 Å². The van der Waals surface area contributed by atoms with Gasteiger partial charge in [-0.1, -0.05) is 18.2 Å². The maximum atomic E-state index is 13.4. The number of halogens is 1. The summed E-state index contributed by atoms with van der Waals surface area (Å²) in [6.07, 6.45) is 2.63. The van der Waals surface area contributed by atoms with Crippen molar-refractivity contribution in [2.24, 2.45) is 5.92 Å². The fourth-order valence-corrected chi connectivity index (χ4v) is 1.92. The van der Waals surface area contributed by atoms with Gasteiger partial charge < -0.3 is 5.11 Å². The minimum Gasteiger partial charge on any atom is -0.513 e. The molecule has 0 spiro atoms. The monoisotopic (exact) mass is 220 g/mol. The van der Waals surface area contributed by atoms with Crippen molar-refractivity contribution in [2.75, 3.05) is 0 Å². The SMILES string of the molecule is O=C1CCC(O)=CC1Cc1ccccc1F. The smallest absolute Gasteiger partial charge is 0.140 e. The number of hydrogen-bond donors (Lipinski definition) is 1. The Kier molecular flexibility index (Phi) is 3.04. The van der Waals surface area contributed by atoms with Gasteiger partial charge in [-0.25, -0.2) is 4.39 Å². The third kappa shape index (κ3) is 2.30. The van der Waals surface area contributed by atoms with Crippen LogP contribution in [0, 0.1) is 11.7 Å². The van der Waals surface area contributed by atoms with E-state index < -0.39 is 0 Å². The maximum Gasteiger partial charge on any atom is 0.140 e. The van der Waals surface area contributed by atoms with Crippen LogP contribution in [0.2, 0.25) is 0 Å². The molecule has 3 heteroatoms.